The third-order valence-corrected chi connectivity index (χ3v) is 5.60. The van der Waals surface area contributed by atoms with Crippen LogP contribution in [0, 0.1) is 11.8 Å². The van der Waals surface area contributed by atoms with Crippen molar-refractivity contribution in [2.24, 2.45) is 11.8 Å². The van der Waals surface area contributed by atoms with Crippen LogP contribution in [0.25, 0.3) is 0 Å². The lowest BCUT2D eigenvalue weighted by atomic mass is 9.85. The maximum absolute atomic E-state index is 11.2. The van der Waals surface area contributed by atoms with Gasteiger partial charge in [0.05, 0.1) is 19.3 Å². The molecule has 0 heterocycles. The zero-order chi connectivity index (χ0) is 15.7. The number of hydrogen-bond acceptors (Lipinski definition) is 4. The molecule has 0 bridgehead atoms. The molecule has 0 aliphatic heterocycles. The summed E-state index contributed by atoms with van der Waals surface area (Å²) in [7, 11) is -0.769. The summed E-state index contributed by atoms with van der Waals surface area (Å²) in [5.74, 6) is 1.25. The number of aliphatic hydroxyl groups excluding tert-OH is 1. The van der Waals surface area contributed by atoms with Gasteiger partial charge in [-0.05, 0) is 37.6 Å². The first kappa shape index (κ1) is 18.8. The fourth-order valence-electron chi connectivity index (χ4n) is 2.39. The molecule has 0 amide bonds. The molecular weight excluding hydrogens is 286 g/mol. The van der Waals surface area contributed by atoms with E-state index in [1.807, 2.05) is 6.92 Å². The molecule has 0 aromatic carbocycles. The van der Waals surface area contributed by atoms with Crippen LogP contribution in [0.4, 0.5) is 0 Å². The average Bonchev–Trinajstić information content (AvgIpc) is 2.45. The molecule has 5 unspecified atom stereocenters. The highest BCUT2D eigenvalue weighted by molar-refractivity contribution is 7.84. The molecule has 0 fully saturated rings. The Bertz CT molecular complexity index is 335. The second kappa shape index (κ2) is 10.5. The zero-order valence-corrected chi connectivity index (χ0v) is 14.4. The number of rotatable bonds is 10. The standard InChI is InChI=1S/C16H31NO3S/c1-13-6-4-5-7-15(13)11-20-12-16(18)10-17-9-8-14(2)21(3)19/h4-5,13-18H,6-12H2,1-3H3. The van der Waals surface area contributed by atoms with Crippen molar-refractivity contribution in [3.8, 4) is 0 Å². The van der Waals surface area contributed by atoms with Crippen LogP contribution < -0.4 is 5.32 Å². The summed E-state index contributed by atoms with van der Waals surface area (Å²) in [5.41, 5.74) is 0. The van der Waals surface area contributed by atoms with Crippen LogP contribution in [0.3, 0.4) is 0 Å². The lowest BCUT2D eigenvalue weighted by molar-refractivity contribution is 0.0129. The zero-order valence-electron chi connectivity index (χ0n) is 13.6. The van der Waals surface area contributed by atoms with Crippen molar-refractivity contribution in [2.75, 3.05) is 32.6 Å². The Labute approximate surface area is 131 Å². The first-order valence-corrected chi connectivity index (χ1v) is 9.56. The summed E-state index contributed by atoms with van der Waals surface area (Å²) in [4.78, 5) is 0. The minimum absolute atomic E-state index is 0.201. The Kier molecular flexibility index (Phi) is 9.40. The van der Waals surface area contributed by atoms with Gasteiger partial charge in [0.15, 0.2) is 0 Å². The van der Waals surface area contributed by atoms with E-state index in [0.717, 1.165) is 32.4 Å². The fraction of sp³-hybridized carbons (Fsp3) is 0.875. The van der Waals surface area contributed by atoms with Crippen LogP contribution in [-0.4, -0.2) is 53.2 Å². The third-order valence-electron chi connectivity index (χ3n) is 4.23. The molecule has 124 valence electrons. The van der Waals surface area contributed by atoms with E-state index in [-0.39, 0.29) is 5.25 Å². The van der Waals surface area contributed by atoms with E-state index in [1.54, 1.807) is 6.26 Å². The summed E-state index contributed by atoms with van der Waals surface area (Å²) in [6.45, 7) is 6.67. The molecular formula is C16H31NO3S. The molecule has 0 aromatic heterocycles. The highest BCUT2D eigenvalue weighted by Crippen LogP contribution is 2.24. The van der Waals surface area contributed by atoms with Crippen molar-refractivity contribution < 1.29 is 14.1 Å². The Morgan fingerprint density at radius 1 is 1.43 bits per heavy atom. The number of nitrogens with one attached hydrogen (secondary N) is 1. The minimum atomic E-state index is -0.769. The smallest absolute Gasteiger partial charge is 0.0897 e. The van der Waals surface area contributed by atoms with Gasteiger partial charge in [0.2, 0.25) is 0 Å². The number of allylic oxidation sites excluding steroid dienone is 2. The predicted molar refractivity (Wildman–Crippen MR) is 88.9 cm³/mol. The topological polar surface area (TPSA) is 58.6 Å². The molecule has 1 rings (SSSR count). The number of ether oxygens (including phenoxy) is 1. The molecule has 1 aliphatic rings. The summed E-state index contributed by atoms with van der Waals surface area (Å²) >= 11 is 0. The van der Waals surface area contributed by atoms with Crippen LogP contribution in [0.15, 0.2) is 12.2 Å². The second-order valence-electron chi connectivity index (χ2n) is 6.17. The maximum atomic E-state index is 11.2. The molecule has 0 aromatic rings. The SMILES string of the molecule is CC1CC=CCC1COCC(O)CNCCC(C)S(C)=O. The Morgan fingerprint density at radius 3 is 2.81 bits per heavy atom. The second-order valence-corrected chi connectivity index (χ2v) is 7.98. The molecule has 0 saturated carbocycles. The molecule has 0 radical (unpaired) electrons. The summed E-state index contributed by atoms with van der Waals surface area (Å²) in [6.07, 6.45) is 8.81. The lowest BCUT2D eigenvalue weighted by Gasteiger charge is -2.25. The van der Waals surface area contributed by atoms with E-state index in [1.165, 1.54) is 0 Å². The van der Waals surface area contributed by atoms with E-state index in [0.29, 0.717) is 25.0 Å². The summed E-state index contributed by atoms with van der Waals surface area (Å²) < 4.78 is 16.8. The monoisotopic (exact) mass is 317 g/mol. The van der Waals surface area contributed by atoms with Crippen LogP contribution in [0.2, 0.25) is 0 Å². The normalized spacial score (nSPS) is 26.5. The molecule has 0 saturated heterocycles. The first-order valence-electron chi connectivity index (χ1n) is 7.94. The van der Waals surface area contributed by atoms with Gasteiger partial charge >= 0.3 is 0 Å². The number of aliphatic hydroxyl groups is 1. The van der Waals surface area contributed by atoms with E-state index in [2.05, 4.69) is 24.4 Å². The van der Waals surface area contributed by atoms with Gasteiger partial charge in [-0.15, -0.1) is 0 Å². The van der Waals surface area contributed by atoms with Crippen molar-refractivity contribution in [1.29, 1.82) is 0 Å². The van der Waals surface area contributed by atoms with E-state index >= 15 is 0 Å². The first-order chi connectivity index (χ1) is 10.0. The maximum Gasteiger partial charge on any atom is 0.0897 e. The van der Waals surface area contributed by atoms with Crippen LogP contribution >= 0.6 is 0 Å². The Morgan fingerprint density at radius 2 is 2.14 bits per heavy atom. The van der Waals surface area contributed by atoms with Gasteiger partial charge in [0.1, 0.15) is 0 Å². The van der Waals surface area contributed by atoms with Gasteiger partial charge in [-0.25, -0.2) is 0 Å². The predicted octanol–water partition coefficient (Wildman–Crippen LogP) is 1.71. The van der Waals surface area contributed by atoms with Crippen molar-refractivity contribution in [1.82, 2.24) is 5.32 Å². The van der Waals surface area contributed by atoms with Gasteiger partial charge in [0, 0.05) is 28.9 Å². The van der Waals surface area contributed by atoms with Gasteiger partial charge in [-0.1, -0.05) is 26.0 Å². The average molecular weight is 317 g/mol. The molecule has 0 spiro atoms. The van der Waals surface area contributed by atoms with Crippen LogP contribution in [0.5, 0.6) is 0 Å². The molecule has 1 aliphatic carbocycles. The fourth-order valence-corrected chi connectivity index (χ4v) is 2.84. The molecule has 5 atom stereocenters. The highest BCUT2D eigenvalue weighted by atomic mass is 32.2. The summed E-state index contributed by atoms with van der Waals surface area (Å²) in [6, 6.07) is 0. The third kappa shape index (κ3) is 8.10. The molecule has 4 nitrogen and oxygen atoms in total. The quantitative estimate of drug-likeness (QED) is 0.476. The Hall–Kier alpha value is -0.230. The van der Waals surface area contributed by atoms with Crippen molar-refractivity contribution in [3.63, 3.8) is 0 Å². The molecule has 2 N–H and O–H groups in total. The van der Waals surface area contributed by atoms with Crippen LogP contribution in [0.1, 0.15) is 33.1 Å². The van der Waals surface area contributed by atoms with Crippen molar-refractivity contribution in [2.45, 2.75) is 44.5 Å². The lowest BCUT2D eigenvalue weighted by Crippen LogP contribution is -2.33. The van der Waals surface area contributed by atoms with Crippen molar-refractivity contribution in [3.05, 3.63) is 12.2 Å². The van der Waals surface area contributed by atoms with Gasteiger partial charge in [0.25, 0.3) is 0 Å². The minimum Gasteiger partial charge on any atom is -0.389 e. The van der Waals surface area contributed by atoms with E-state index in [4.69, 9.17) is 4.74 Å². The number of hydrogen-bond donors (Lipinski definition) is 2. The molecule has 21 heavy (non-hydrogen) atoms. The molecule has 5 heteroatoms. The van der Waals surface area contributed by atoms with Gasteiger partial charge in [-0.2, -0.15) is 0 Å². The largest absolute Gasteiger partial charge is 0.389 e. The highest BCUT2D eigenvalue weighted by Gasteiger charge is 2.18. The van der Waals surface area contributed by atoms with Gasteiger partial charge < -0.3 is 15.2 Å². The van der Waals surface area contributed by atoms with Gasteiger partial charge in [-0.3, -0.25) is 4.21 Å². The summed E-state index contributed by atoms with van der Waals surface area (Å²) in [5, 5.41) is 13.3. The van der Waals surface area contributed by atoms with E-state index in [9.17, 15) is 9.32 Å². The van der Waals surface area contributed by atoms with Crippen molar-refractivity contribution >= 4 is 10.8 Å². The Balaban J connectivity index is 2.02. The van der Waals surface area contributed by atoms with Crippen LogP contribution in [-0.2, 0) is 15.5 Å². The van der Waals surface area contributed by atoms with E-state index < -0.39 is 16.9 Å².